The Morgan fingerprint density at radius 3 is 2.45 bits per heavy atom. The van der Waals surface area contributed by atoms with Gasteiger partial charge in [-0.3, -0.25) is 4.79 Å². The van der Waals surface area contributed by atoms with Gasteiger partial charge in [0.15, 0.2) is 0 Å². The van der Waals surface area contributed by atoms with Crippen molar-refractivity contribution in [2.24, 2.45) is 0 Å². The fraction of sp³-hybridized carbons (Fsp3) is 0.600. The second-order valence-electron chi connectivity index (χ2n) is 3.82. The van der Waals surface area contributed by atoms with Gasteiger partial charge < -0.3 is 10.4 Å². The van der Waals surface area contributed by atoms with Crippen molar-refractivity contribution in [1.82, 2.24) is 15.1 Å². The van der Waals surface area contributed by atoms with E-state index in [1.54, 1.807) is 0 Å². The van der Waals surface area contributed by atoms with Crippen molar-refractivity contribution in [2.75, 3.05) is 13.2 Å². The largest absolute Gasteiger partial charge is 0.395 e. The second-order valence-corrected chi connectivity index (χ2v) is 4.20. The Hall–Kier alpha value is -1.35. The topological polar surface area (TPSA) is 67.2 Å². The minimum absolute atomic E-state index is 0.0934. The zero-order valence-corrected chi connectivity index (χ0v) is 11.0. The Kier molecular flexibility index (Phi) is 5.75. The van der Waals surface area contributed by atoms with Crippen LogP contribution in [0.5, 0.6) is 0 Å². The summed E-state index contributed by atoms with van der Waals surface area (Å²) in [6.07, 6.45) is -6.29. The number of rotatable bonds is 6. The number of carbonyl (C=O) groups excluding carboxylic acids is 1. The van der Waals surface area contributed by atoms with E-state index >= 15 is 0 Å². The third kappa shape index (κ3) is 3.40. The van der Waals surface area contributed by atoms with Crippen LogP contribution in [-0.4, -0.2) is 33.9 Å². The lowest BCUT2D eigenvalue weighted by atomic mass is 10.3. The number of nitrogens with zero attached hydrogens (tertiary/aromatic N) is 2. The van der Waals surface area contributed by atoms with Crippen LogP contribution in [0.3, 0.4) is 0 Å². The van der Waals surface area contributed by atoms with Gasteiger partial charge in [0.2, 0.25) is 5.91 Å². The van der Waals surface area contributed by atoms with Crippen LogP contribution in [0.2, 0.25) is 5.02 Å². The number of aliphatic hydroxyl groups excluding tert-OH is 1. The van der Waals surface area contributed by atoms with E-state index in [9.17, 15) is 22.4 Å². The van der Waals surface area contributed by atoms with E-state index in [2.05, 4.69) is 10.4 Å². The number of hydrogen-bond acceptors (Lipinski definition) is 3. The van der Waals surface area contributed by atoms with Crippen molar-refractivity contribution < 1.29 is 27.5 Å². The minimum atomic E-state index is -3.16. The molecule has 1 heterocycles. The molecule has 0 aliphatic carbocycles. The zero-order chi connectivity index (χ0) is 15.4. The van der Waals surface area contributed by atoms with Gasteiger partial charge in [-0.2, -0.15) is 5.10 Å². The molecule has 0 aliphatic heterocycles. The van der Waals surface area contributed by atoms with Crippen molar-refractivity contribution in [2.45, 2.75) is 25.8 Å². The van der Waals surface area contributed by atoms with Gasteiger partial charge in [-0.05, 0) is 6.92 Å². The normalized spacial score (nSPS) is 13.1. The van der Waals surface area contributed by atoms with Crippen LogP contribution >= 0.6 is 11.6 Å². The monoisotopic (exact) mass is 317 g/mol. The molecule has 0 aliphatic rings. The predicted molar refractivity (Wildman–Crippen MR) is 62.0 cm³/mol. The molecule has 10 heteroatoms. The Bertz CT molecular complexity index is 481. The number of carbonyl (C=O) groups is 1. The molecule has 1 aromatic rings. The van der Waals surface area contributed by atoms with Gasteiger partial charge in [0.05, 0.1) is 11.6 Å². The number of alkyl halides is 4. The fourth-order valence-corrected chi connectivity index (χ4v) is 1.80. The molecule has 0 aromatic carbocycles. The van der Waals surface area contributed by atoms with Crippen LogP contribution in [0.25, 0.3) is 0 Å². The number of hydrogen-bond donors (Lipinski definition) is 2. The highest BCUT2D eigenvalue weighted by Crippen LogP contribution is 2.36. The maximum Gasteiger partial charge on any atom is 0.283 e. The van der Waals surface area contributed by atoms with E-state index in [1.165, 1.54) is 6.92 Å². The lowest BCUT2D eigenvalue weighted by Crippen LogP contribution is -2.34. The van der Waals surface area contributed by atoms with Gasteiger partial charge in [-0.15, -0.1) is 0 Å². The standard InChI is InChI=1S/C10H12ClF4N3O2/c1-4(10(20)16-2-3-19)18-7(9(14)15)5(11)6(17-18)8(12)13/h4,8-9,19H,2-3H2,1H3,(H,16,20). The minimum Gasteiger partial charge on any atom is -0.395 e. The van der Waals surface area contributed by atoms with Gasteiger partial charge in [0.25, 0.3) is 12.9 Å². The number of nitrogens with one attached hydrogen (secondary N) is 1. The van der Waals surface area contributed by atoms with Crippen molar-refractivity contribution in [1.29, 1.82) is 0 Å². The third-order valence-electron chi connectivity index (χ3n) is 2.48. The molecule has 1 amide bonds. The number of aliphatic hydroxyl groups is 1. The Morgan fingerprint density at radius 1 is 1.40 bits per heavy atom. The molecule has 0 radical (unpaired) electrons. The first-order valence-corrected chi connectivity index (χ1v) is 5.91. The maximum atomic E-state index is 12.9. The fourth-order valence-electron chi connectivity index (χ4n) is 1.51. The lowest BCUT2D eigenvalue weighted by Gasteiger charge is -2.15. The molecule has 1 atom stereocenters. The maximum absolute atomic E-state index is 12.9. The van der Waals surface area contributed by atoms with Crippen LogP contribution in [0, 0.1) is 0 Å². The third-order valence-corrected chi connectivity index (χ3v) is 2.87. The summed E-state index contributed by atoms with van der Waals surface area (Å²) in [5, 5.41) is 13.2. The van der Waals surface area contributed by atoms with Crippen LogP contribution < -0.4 is 5.32 Å². The summed E-state index contributed by atoms with van der Waals surface area (Å²) in [6, 6.07) is -1.27. The first-order chi connectivity index (χ1) is 9.31. The van der Waals surface area contributed by atoms with Crippen molar-refractivity contribution in [3.63, 3.8) is 0 Å². The van der Waals surface area contributed by atoms with E-state index in [4.69, 9.17) is 16.7 Å². The molecular formula is C10H12ClF4N3O2. The van der Waals surface area contributed by atoms with E-state index in [0.29, 0.717) is 4.68 Å². The number of halogens is 5. The molecule has 0 saturated carbocycles. The first-order valence-electron chi connectivity index (χ1n) is 5.53. The summed E-state index contributed by atoms with van der Waals surface area (Å²) in [5.74, 6) is -0.749. The van der Waals surface area contributed by atoms with Crippen molar-refractivity contribution >= 4 is 17.5 Å². The molecule has 0 bridgehead atoms. The van der Waals surface area contributed by atoms with Crippen molar-refractivity contribution in [3.05, 3.63) is 16.4 Å². The van der Waals surface area contributed by atoms with Crippen molar-refractivity contribution in [3.8, 4) is 0 Å². The molecule has 1 aromatic heterocycles. The van der Waals surface area contributed by atoms with Crippen LogP contribution in [-0.2, 0) is 4.79 Å². The Morgan fingerprint density at radius 2 is 2.00 bits per heavy atom. The quantitative estimate of drug-likeness (QED) is 0.789. The number of aromatic nitrogens is 2. The first kappa shape index (κ1) is 16.7. The highest BCUT2D eigenvalue weighted by molar-refractivity contribution is 6.32. The lowest BCUT2D eigenvalue weighted by molar-refractivity contribution is -0.124. The van der Waals surface area contributed by atoms with Gasteiger partial charge in [0.1, 0.15) is 17.4 Å². The smallest absolute Gasteiger partial charge is 0.283 e. The van der Waals surface area contributed by atoms with E-state index in [1.807, 2.05) is 0 Å². The summed E-state index contributed by atoms with van der Waals surface area (Å²) in [5.41, 5.74) is -1.93. The average Bonchev–Trinajstić information content (AvgIpc) is 2.72. The summed E-state index contributed by atoms with van der Waals surface area (Å²) in [4.78, 5) is 11.6. The average molecular weight is 318 g/mol. The van der Waals surface area contributed by atoms with Crippen LogP contribution in [0.15, 0.2) is 0 Å². The van der Waals surface area contributed by atoms with Gasteiger partial charge in [-0.1, -0.05) is 11.6 Å². The summed E-state index contributed by atoms with van der Waals surface area (Å²) in [7, 11) is 0. The van der Waals surface area contributed by atoms with Gasteiger partial charge in [-0.25, -0.2) is 22.2 Å². The summed E-state index contributed by atoms with van der Waals surface area (Å²) >= 11 is 5.46. The second kappa shape index (κ2) is 6.89. The molecular weight excluding hydrogens is 306 g/mol. The summed E-state index contributed by atoms with van der Waals surface area (Å²) < 4.78 is 51.5. The van der Waals surface area contributed by atoms with E-state index in [-0.39, 0.29) is 13.2 Å². The van der Waals surface area contributed by atoms with E-state index in [0.717, 1.165) is 0 Å². The predicted octanol–water partition coefficient (Wildman–Crippen LogP) is 2.08. The molecule has 2 N–H and O–H groups in total. The van der Waals surface area contributed by atoms with Crippen LogP contribution in [0.4, 0.5) is 17.6 Å². The van der Waals surface area contributed by atoms with Gasteiger partial charge >= 0.3 is 0 Å². The molecule has 5 nitrogen and oxygen atoms in total. The molecule has 1 unspecified atom stereocenters. The number of amides is 1. The molecule has 0 spiro atoms. The molecule has 20 heavy (non-hydrogen) atoms. The SMILES string of the molecule is CC(C(=O)NCCO)n1nc(C(F)F)c(Cl)c1C(F)F. The Labute approximate surface area is 116 Å². The highest BCUT2D eigenvalue weighted by atomic mass is 35.5. The van der Waals surface area contributed by atoms with E-state index < -0.39 is 41.2 Å². The molecule has 0 saturated heterocycles. The Balaban J connectivity index is 3.16. The zero-order valence-electron chi connectivity index (χ0n) is 10.3. The van der Waals surface area contributed by atoms with Crippen LogP contribution in [0.1, 0.15) is 37.2 Å². The molecule has 0 fully saturated rings. The molecule has 114 valence electrons. The molecule has 1 rings (SSSR count). The highest BCUT2D eigenvalue weighted by Gasteiger charge is 2.31. The van der Waals surface area contributed by atoms with Gasteiger partial charge in [0, 0.05) is 6.54 Å². The summed E-state index contributed by atoms with van der Waals surface area (Å²) in [6.45, 7) is 0.767.